The van der Waals surface area contributed by atoms with E-state index in [-0.39, 0.29) is 0 Å². The standard InChI is InChI=1S/C13H20N4O/c1-2-15-10-5-8-17(9-6-10)13-11(12(14)18)4-3-7-16-13/h3-4,7,10,15H,2,5-6,8-9H2,1H3,(H2,14,18). The number of anilines is 1. The van der Waals surface area contributed by atoms with Crippen LogP contribution in [0.1, 0.15) is 30.1 Å². The molecule has 0 aromatic carbocycles. The number of nitrogens with two attached hydrogens (primary N) is 1. The van der Waals surface area contributed by atoms with Gasteiger partial charge < -0.3 is 16.0 Å². The quantitative estimate of drug-likeness (QED) is 0.825. The summed E-state index contributed by atoms with van der Waals surface area (Å²) in [5.74, 6) is 0.312. The van der Waals surface area contributed by atoms with Crippen LogP contribution in [0.2, 0.25) is 0 Å². The number of amides is 1. The molecule has 0 saturated carbocycles. The number of piperidine rings is 1. The second kappa shape index (κ2) is 5.82. The first-order valence-corrected chi connectivity index (χ1v) is 6.45. The summed E-state index contributed by atoms with van der Waals surface area (Å²) in [4.78, 5) is 17.8. The van der Waals surface area contributed by atoms with E-state index < -0.39 is 5.91 Å². The van der Waals surface area contributed by atoms with E-state index in [0.29, 0.717) is 11.6 Å². The van der Waals surface area contributed by atoms with Gasteiger partial charge in [0.15, 0.2) is 0 Å². The number of primary amides is 1. The van der Waals surface area contributed by atoms with Crippen molar-refractivity contribution in [3.05, 3.63) is 23.9 Å². The van der Waals surface area contributed by atoms with Crippen LogP contribution in [0.25, 0.3) is 0 Å². The molecule has 1 aromatic rings. The largest absolute Gasteiger partial charge is 0.365 e. The Balaban J connectivity index is 2.07. The number of carbonyl (C=O) groups excluding carboxylic acids is 1. The van der Waals surface area contributed by atoms with Crippen molar-refractivity contribution >= 4 is 11.7 Å². The van der Waals surface area contributed by atoms with E-state index in [1.165, 1.54) is 0 Å². The predicted molar refractivity (Wildman–Crippen MR) is 71.7 cm³/mol. The van der Waals surface area contributed by atoms with E-state index in [4.69, 9.17) is 5.73 Å². The molecule has 0 radical (unpaired) electrons. The monoisotopic (exact) mass is 248 g/mol. The minimum Gasteiger partial charge on any atom is -0.365 e. The Bertz CT molecular complexity index is 413. The van der Waals surface area contributed by atoms with Crippen molar-refractivity contribution in [3.8, 4) is 0 Å². The van der Waals surface area contributed by atoms with Crippen molar-refractivity contribution in [2.45, 2.75) is 25.8 Å². The Hall–Kier alpha value is -1.62. The summed E-state index contributed by atoms with van der Waals surface area (Å²) < 4.78 is 0. The average Bonchev–Trinajstić information content (AvgIpc) is 2.40. The summed E-state index contributed by atoms with van der Waals surface area (Å²) >= 11 is 0. The predicted octanol–water partition coefficient (Wildman–Crippen LogP) is 0.759. The van der Waals surface area contributed by atoms with Crippen LogP contribution in [0, 0.1) is 0 Å². The van der Waals surface area contributed by atoms with Crippen LogP contribution in [0.15, 0.2) is 18.3 Å². The molecule has 18 heavy (non-hydrogen) atoms. The SMILES string of the molecule is CCNC1CCN(c2ncccc2C(N)=O)CC1. The summed E-state index contributed by atoms with van der Waals surface area (Å²) in [5.41, 5.74) is 5.89. The maximum Gasteiger partial charge on any atom is 0.252 e. The van der Waals surface area contributed by atoms with Crippen LogP contribution in [-0.2, 0) is 0 Å². The van der Waals surface area contributed by atoms with Crippen molar-refractivity contribution in [1.29, 1.82) is 0 Å². The van der Waals surface area contributed by atoms with E-state index in [1.807, 2.05) is 0 Å². The van der Waals surface area contributed by atoms with Gasteiger partial charge in [0.05, 0.1) is 5.56 Å². The van der Waals surface area contributed by atoms with Crippen LogP contribution in [0.4, 0.5) is 5.82 Å². The fraction of sp³-hybridized carbons (Fsp3) is 0.538. The van der Waals surface area contributed by atoms with Gasteiger partial charge in [-0.1, -0.05) is 6.92 Å². The Morgan fingerprint density at radius 1 is 1.56 bits per heavy atom. The highest BCUT2D eigenvalue weighted by Crippen LogP contribution is 2.21. The molecule has 2 heterocycles. The lowest BCUT2D eigenvalue weighted by atomic mass is 10.0. The molecule has 1 amide bonds. The smallest absolute Gasteiger partial charge is 0.252 e. The minimum atomic E-state index is -0.410. The van der Waals surface area contributed by atoms with E-state index in [0.717, 1.165) is 38.3 Å². The Morgan fingerprint density at radius 2 is 2.28 bits per heavy atom. The second-order valence-electron chi connectivity index (χ2n) is 4.56. The number of nitrogens with one attached hydrogen (secondary N) is 1. The zero-order valence-corrected chi connectivity index (χ0v) is 10.7. The van der Waals surface area contributed by atoms with Gasteiger partial charge in [-0.2, -0.15) is 0 Å². The maximum atomic E-state index is 11.4. The Kier molecular flexibility index (Phi) is 4.15. The summed E-state index contributed by atoms with van der Waals surface area (Å²) in [6.07, 6.45) is 3.85. The summed E-state index contributed by atoms with van der Waals surface area (Å²) in [6, 6.07) is 4.06. The lowest BCUT2D eigenvalue weighted by Crippen LogP contribution is -2.43. The molecule has 0 bridgehead atoms. The first-order valence-electron chi connectivity index (χ1n) is 6.45. The van der Waals surface area contributed by atoms with Gasteiger partial charge in [-0.05, 0) is 31.5 Å². The molecule has 5 heteroatoms. The molecule has 98 valence electrons. The van der Waals surface area contributed by atoms with Gasteiger partial charge in [0.1, 0.15) is 5.82 Å². The van der Waals surface area contributed by atoms with Gasteiger partial charge in [-0.15, -0.1) is 0 Å². The summed E-state index contributed by atoms with van der Waals surface area (Å²) in [6.45, 7) is 4.95. The number of rotatable bonds is 4. The van der Waals surface area contributed by atoms with Gasteiger partial charge in [0.2, 0.25) is 0 Å². The van der Waals surface area contributed by atoms with Crippen LogP contribution in [-0.4, -0.2) is 36.6 Å². The zero-order valence-electron chi connectivity index (χ0n) is 10.7. The number of aromatic nitrogens is 1. The molecular formula is C13H20N4O. The van der Waals surface area contributed by atoms with Crippen LogP contribution >= 0.6 is 0 Å². The lowest BCUT2D eigenvalue weighted by molar-refractivity contribution is 0.100. The number of nitrogens with zero attached hydrogens (tertiary/aromatic N) is 2. The highest BCUT2D eigenvalue weighted by Gasteiger charge is 2.22. The molecule has 1 aliphatic heterocycles. The summed E-state index contributed by atoms with van der Waals surface area (Å²) in [5, 5.41) is 3.46. The third-order valence-corrected chi connectivity index (χ3v) is 3.34. The van der Waals surface area contributed by atoms with E-state index >= 15 is 0 Å². The van der Waals surface area contributed by atoms with Crippen LogP contribution < -0.4 is 16.0 Å². The van der Waals surface area contributed by atoms with E-state index in [9.17, 15) is 4.79 Å². The molecule has 0 unspecified atom stereocenters. The zero-order chi connectivity index (χ0) is 13.0. The second-order valence-corrected chi connectivity index (χ2v) is 4.56. The van der Waals surface area contributed by atoms with Gasteiger partial charge in [0.25, 0.3) is 5.91 Å². The molecule has 0 atom stereocenters. The molecule has 0 spiro atoms. The minimum absolute atomic E-state index is 0.410. The summed E-state index contributed by atoms with van der Waals surface area (Å²) in [7, 11) is 0. The molecule has 1 fully saturated rings. The van der Waals surface area contributed by atoms with E-state index in [2.05, 4.69) is 22.1 Å². The molecule has 1 aromatic heterocycles. The maximum absolute atomic E-state index is 11.4. The molecular weight excluding hydrogens is 228 g/mol. The van der Waals surface area contributed by atoms with Crippen molar-refractivity contribution in [1.82, 2.24) is 10.3 Å². The number of hydrogen-bond donors (Lipinski definition) is 2. The van der Waals surface area contributed by atoms with Crippen molar-refractivity contribution in [2.75, 3.05) is 24.5 Å². The van der Waals surface area contributed by atoms with Crippen molar-refractivity contribution < 1.29 is 4.79 Å². The first kappa shape index (κ1) is 12.8. The normalized spacial score (nSPS) is 16.8. The lowest BCUT2D eigenvalue weighted by Gasteiger charge is -2.33. The number of pyridine rings is 1. The average molecular weight is 248 g/mol. The number of carbonyl (C=O) groups is 1. The van der Waals surface area contributed by atoms with Gasteiger partial charge >= 0.3 is 0 Å². The van der Waals surface area contributed by atoms with Crippen molar-refractivity contribution in [3.63, 3.8) is 0 Å². The van der Waals surface area contributed by atoms with Crippen molar-refractivity contribution in [2.24, 2.45) is 5.73 Å². The van der Waals surface area contributed by atoms with Gasteiger partial charge in [-0.3, -0.25) is 4.79 Å². The Labute approximate surface area is 107 Å². The molecule has 5 nitrogen and oxygen atoms in total. The van der Waals surface area contributed by atoms with Gasteiger partial charge in [0, 0.05) is 25.3 Å². The molecule has 1 aliphatic rings. The van der Waals surface area contributed by atoms with E-state index in [1.54, 1.807) is 18.3 Å². The fourth-order valence-electron chi connectivity index (χ4n) is 2.43. The highest BCUT2D eigenvalue weighted by molar-refractivity contribution is 5.97. The Morgan fingerprint density at radius 3 is 2.89 bits per heavy atom. The number of hydrogen-bond acceptors (Lipinski definition) is 4. The fourth-order valence-corrected chi connectivity index (χ4v) is 2.43. The van der Waals surface area contributed by atoms with Crippen LogP contribution in [0.3, 0.4) is 0 Å². The topological polar surface area (TPSA) is 71.2 Å². The third kappa shape index (κ3) is 2.79. The molecule has 1 saturated heterocycles. The highest BCUT2D eigenvalue weighted by atomic mass is 16.1. The third-order valence-electron chi connectivity index (χ3n) is 3.34. The van der Waals surface area contributed by atoms with Crippen LogP contribution in [0.5, 0.6) is 0 Å². The molecule has 0 aliphatic carbocycles. The molecule has 3 N–H and O–H groups in total. The van der Waals surface area contributed by atoms with Gasteiger partial charge in [-0.25, -0.2) is 4.98 Å². The molecule has 2 rings (SSSR count). The first-order chi connectivity index (χ1) is 8.72.